The van der Waals surface area contributed by atoms with Gasteiger partial charge in [0.05, 0.1) is 18.9 Å². The van der Waals surface area contributed by atoms with Gasteiger partial charge in [0.2, 0.25) is 0 Å². The molecule has 19 heavy (non-hydrogen) atoms. The normalized spacial score (nSPS) is 14.2. The van der Waals surface area contributed by atoms with Gasteiger partial charge in [0.15, 0.2) is 16.6 Å². The van der Waals surface area contributed by atoms with Crippen molar-refractivity contribution in [3.63, 3.8) is 0 Å². The molecule has 2 N–H and O–H groups in total. The lowest BCUT2D eigenvalue weighted by molar-refractivity contribution is 0.297. The van der Waals surface area contributed by atoms with Gasteiger partial charge in [0, 0.05) is 16.9 Å². The van der Waals surface area contributed by atoms with E-state index in [-0.39, 0.29) is 0 Å². The van der Waals surface area contributed by atoms with Crippen molar-refractivity contribution in [1.82, 2.24) is 4.98 Å². The molecule has 1 aliphatic heterocycles. The number of nitrogens with zero attached hydrogens (tertiary/aromatic N) is 1. The molecule has 0 aliphatic carbocycles. The molecule has 0 unspecified atom stereocenters. The monoisotopic (exact) mass is 276 g/mol. The molecule has 0 fully saturated rings. The predicted octanol–water partition coefficient (Wildman–Crippen LogP) is 3.12. The average Bonchev–Trinajstić information content (AvgIpc) is 2.66. The Labute approximate surface area is 116 Å². The summed E-state index contributed by atoms with van der Waals surface area (Å²) in [5, 5.41) is 0.610. The Morgan fingerprint density at radius 1 is 1.26 bits per heavy atom. The molecule has 3 rings (SSSR count). The zero-order valence-electron chi connectivity index (χ0n) is 10.8. The number of hydrogen-bond acceptors (Lipinski definition) is 5. The number of benzene rings is 1. The number of nitrogen functional groups attached to an aromatic ring is 1. The van der Waals surface area contributed by atoms with E-state index in [1.807, 2.05) is 18.2 Å². The molecule has 1 aliphatic rings. The second kappa shape index (κ2) is 5.09. The minimum Gasteiger partial charge on any atom is -0.490 e. The molecule has 1 aromatic carbocycles. The summed E-state index contributed by atoms with van der Waals surface area (Å²) in [6, 6.07) is 5.96. The SMILES string of the molecule is CCc1sc(N)nc1-c1ccc2c(c1)OCCCO2. The van der Waals surface area contributed by atoms with Gasteiger partial charge in [-0.05, 0) is 24.6 Å². The topological polar surface area (TPSA) is 57.4 Å². The van der Waals surface area contributed by atoms with Gasteiger partial charge in [-0.3, -0.25) is 0 Å². The highest BCUT2D eigenvalue weighted by atomic mass is 32.1. The quantitative estimate of drug-likeness (QED) is 0.915. The predicted molar refractivity (Wildman–Crippen MR) is 76.9 cm³/mol. The number of anilines is 1. The summed E-state index contributed by atoms with van der Waals surface area (Å²) in [6.45, 7) is 3.51. The molecular formula is C14H16N2O2S. The van der Waals surface area contributed by atoms with Crippen LogP contribution in [0.4, 0.5) is 5.13 Å². The van der Waals surface area contributed by atoms with Crippen LogP contribution in [0.3, 0.4) is 0 Å². The molecule has 100 valence electrons. The summed E-state index contributed by atoms with van der Waals surface area (Å²) < 4.78 is 11.3. The van der Waals surface area contributed by atoms with E-state index in [4.69, 9.17) is 15.2 Å². The third-order valence-corrected chi connectivity index (χ3v) is 4.08. The maximum absolute atomic E-state index is 5.81. The fraction of sp³-hybridized carbons (Fsp3) is 0.357. The van der Waals surface area contributed by atoms with Crippen LogP contribution < -0.4 is 15.2 Å². The highest BCUT2D eigenvalue weighted by molar-refractivity contribution is 7.15. The maximum atomic E-state index is 5.81. The largest absolute Gasteiger partial charge is 0.490 e. The molecule has 2 heterocycles. The van der Waals surface area contributed by atoms with Crippen LogP contribution >= 0.6 is 11.3 Å². The molecule has 0 saturated heterocycles. The van der Waals surface area contributed by atoms with Crippen LogP contribution in [-0.2, 0) is 6.42 Å². The van der Waals surface area contributed by atoms with Crippen LogP contribution in [0.15, 0.2) is 18.2 Å². The van der Waals surface area contributed by atoms with Crippen molar-refractivity contribution >= 4 is 16.5 Å². The Morgan fingerprint density at radius 2 is 2.05 bits per heavy atom. The molecule has 1 aromatic heterocycles. The summed E-state index contributed by atoms with van der Waals surface area (Å²) >= 11 is 1.55. The van der Waals surface area contributed by atoms with E-state index in [0.717, 1.165) is 35.6 Å². The van der Waals surface area contributed by atoms with E-state index < -0.39 is 0 Å². The van der Waals surface area contributed by atoms with Crippen molar-refractivity contribution in [3.8, 4) is 22.8 Å². The van der Waals surface area contributed by atoms with Crippen LogP contribution in [0.25, 0.3) is 11.3 Å². The van der Waals surface area contributed by atoms with Crippen LogP contribution in [-0.4, -0.2) is 18.2 Å². The molecule has 5 heteroatoms. The Balaban J connectivity index is 2.03. The van der Waals surface area contributed by atoms with Crippen LogP contribution in [0.2, 0.25) is 0 Å². The fourth-order valence-corrected chi connectivity index (χ4v) is 2.94. The van der Waals surface area contributed by atoms with E-state index in [0.29, 0.717) is 18.3 Å². The molecule has 4 nitrogen and oxygen atoms in total. The van der Waals surface area contributed by atoms with E-state index >= 15 is 0 Å². The summed E-state index contributed by atoms with van der Waals surface area (Å²) in [6.07, 6.45) is 1.84. The zero-order valence-corrected chi connectivity index (χ0v) is 11.6. The molecule has 2 aromatic rings. The van der Waals surface area contributed by atoms with Crippen LogP contribution in [0.1, 0.15) is 18.2 Å². The van der Waals surface area contributed by atoms with Crippen LogP contribution in [0, 0.1) is 0 Å². The molecular weight excluding hydrogens is 260 g/mol. The van der Waals surface area contributed by atoms with Gasteiger partial charge >= 0.3 is 0 Å². The van der Waals surface area contributed by atoms with E-state index in [1.54, 1.807) is 11.3 Å². The van der Waals surface area contributed by atoms with E-state index in [2.05, 4.69) is 11.9 Å². The number of nitrogens with two attached hydrogens (primary N) is 1. The lowest BCUT2D eigenvalue weighted by atomic mass is 10.1. The third kappa shape index (κ3) is 2.38. The minimum atomic E-state index is 0.610. The highest BCUT2D eigenvalue weighted by Crippen LogP contribution is 2.36. The van der Waals surface area contributed by atoms with Crippen molar-refractivity contribution in [2.75, 3.05) is 18.9 Å². The first-order valence-electron chi connectivity index (χ1n) is 6.43. The molecule has 0 atom stereocenters. The van der Waals surface area contributed by atoms with Gasteiger partial charge in [0.1, 0.15) is 0 Å². The molecule has 0 spiro atoms. The second-order valence-corrected chi connectivity index (χ2v) is 5.50. The zero-order chi connectivity index (χ0) is 13.2. The van der Waals surface area contributed by atoms with Crippen molar-refractivity contribution < 1.29 is 9.47 Å². The number of hydrogen-bond donors (Lipinski definition) is 1. The highest BCUT2D eigenvalue weighted by Gasteiger charge is 2.15. The second-order valence-electron chi connectivity index (χ2n) is 4.39. The lowest BCUT2D eigenvalue weighted by Gasteiger charge is -2.09. The van der Waals surface area contributed by atoms with E-state index in [1.165, 1.54) is 4.88 Å². The van der Waals surface area contributed by atoms with Gasteiger partial charge in [0.25, 0.3) is 0 Å². The van der Waals surface area contributed by atoms with Gasteiger partial charge < -0.3 is 15.2 Å². The molecule has 0 amide bonds. The molecule has 0 radical (unpaired) electrons. The molecule has 0 bridgehead atoms. The lowest BCUT2D eigenvalue weighted by Crippen LogP contribution is -1.97. The Kier molecular flexibility index (Phi) is 3.29. The Hall–Kier alpha value is -1.75. The van der Waals surface area contributed by atoms with Gasteiger partial charge in [-0.1, -0.05) is 6.92 Å². The van der Waals surface area contributed by atoms with E-state index in [9.17, 15) is 0 Å². The third-order valence-electron chi connectivity index (χ3n) is 3.06. The van der Waals surface area contributed by atoms with Crippen molar-refractivity contribution in [3.05, 3.63) is 23.1 Å². The van der Waals surface area contributed by atoms with Gasteiger partial charge in [-0.25, -0.2) is 4.98 Å². The number of rotatable bonds is 2. The first-order valence-corrected chi connectivity index (χ1v) is 7.24. The van der Waals surface area contributed by atoms with Crippen molar-refractivity contribution in [2.45, 2.75) is 19.8 Å². The van der Waals surface area contributed by atoms with Crippen molar-refractivity contribution in [2.24, 2.45) is 0 Å². The van der Waals surface area contributed by atoms with Crippen molar-refractivity contribution in [1.29, 1.82) is 0 Å². The maximum Gasteiger partial charge on any atom is 0.180 e. The number of aryl methyl sites for hydroxylation is 1. The summed E-state index contributed by atoms with van der Waals surface area (Å²) in [7, 11) is 0. The Bertz CT molecular complexity index is 595. The minimum absolute atomic E-state index is 0.610. The van der Waals surface area contributed by atoms with Gasteiger partial charge in [-0.15, -0.1) is 11.3 Å². The summed E-state index contributed by atoms with van der Waals surface area (Å²) in [5.74, 6) is 1.60. The summed E-state index contributed by atoms with van der Waals surface area (Å²) in [4.78, 5) is 5.62. The van der Waals surface area contributed by atoms with Gasteiger partial charge in [-0.2, -0.15) is 0 Å². The Morgan fingerprint density at radius 3 is 2.84 bits per heavy atom. The number of thiazole rings is 1. The van der Waals surface area contributed by atoms with Crippen LogP contribution in [0.5, 0.6) is 11.5 Å². The fourth-order valence-electron chi connectivity index (χ4n) is 2.15. The smallest absolute Gasteiger partial charge is 0.180 e. The first kappa shape index (κ1) is 12.3. The average molecular weight is 276 g/mol. The number of fused-ring (bicyclic) bond motifs is 1. The number of ether oxygens (including phenoxy) is 2. The standard InChI is InChI=1S/C14H16N2O2S/c1-2-12-13(16-14(15)19-12)9-4-5-10-11(8-9)18-7-3-6-17-10/h4-5,8H,2-3,6-7H2,1H3,(H2,15,16). The summed E-state index contributed by atoms with van der Waals surface area (Å²) in [5.41, 5.74) is 7.80. The molecule has 0 saturated carbocycles. The first-order chi connectivity index (χ1) is 9.28. The number of aromatic nitrogens is 1.